The van der Waals surface area contributed by atoms with Crippen molar-refractivity contribution in [3.63, 3.8) is 0 Å². The van der Waals surface area contributed by atoms with Gasteiger partial charge in [-0.3, -0.25) is 4.99 Å². The molecule has 0 aliphatic carbocycles. The molecule has 1 unspecified atom stereocenters. The minimum Gasteiger partial charge on any atom is -0.493 e. The number of para-hydroxylation sites is 1. The Kier molecular flexibility index (Phi) is 8.25. The van der Waals surface area contributed by atoms with Gasteiger partial charge < -0.3 is 20.1 Å². The van der Waals surface area contributed by atoms with Gasteiger partial charge in [-0.2, -0.15) is 0 Å². The molecule has 0 aromatic heterocycles. The molecule has 2 aromatic carbocycles. The van der Waals surface area contributed by atoms with Gasteiger partial charge >= 0.3 is 0 Å². The zero-order chi connectivity index (χ0) is 20.1. The third-order valence-corrected chi connectivity index (χ3v) is 6.31. The van der Waals surface area contributed by atoms with Crippen LogP contribution in [0.4, 0.5) is 0 Å². The monoisotopic (exact) mass is 541 g/mol. The van der Waals surface area contributed by atoms with Gasteiger partial charge in [-0.05, 0) is 30.5 Å². The Labute approximate surface area is 200 Å². The van der Waals surface area contributed by atoms with Crippen LogP contribution in [0.2, 0.25) is 5.02 Å². The van der Waals surface area contributed by atoms with E-state index in [9.17, 15) is 0 Å². The molecule has 0 amide bonds. The molecule has 1 atom stereocenters. The second kappa shape index (κ2) is 10.7. The first-order chi connectivity index (χ1) is 14.2. The third-order valence-electron chi connectivity index (χ3n) is 5.98. The van der Waals surface area contributed by atoms with Gasteiger partial charge in [-0.1, -0.05) is 48.0 Å². The first-order valence-corrected chi connectivity index (χ1v) is 10.6. The average Bonchev–Trinajstić information content (AvgIpc) is 2.77. The quantitative estimate of drug-likeness (QED) is 0.335. The maximum absolute atomic E-state index is 6.58. The van der Waals surface area contributed by atoms with Crippen LogP contribution < -0.4 is 15.4 Å². The lowest BCUT2D eigenvalue weighted by molar-refractivity contribution is 0.0514. The molecule has 0 radical (unpaired) electrons. The molecular weight excluding hydrogens is 513 g/mol. The van der Waals surface area contributed by atoms with Gasteiger partial charge in [-0.15, -0.1) is 24.0 Å². The van der Waals surface area contributed by atoms with Crippen molar-refractivity contribution in [2.45, 2.75) is 30.7 Å². The van der Waals surface area contributed by atoms with Gasteiger partial charge in [-0.25, -0.2) is 0 Å². The fourth-order valence-corrected chi connectivity index (χ4v) is 4.64. The summed E-state index contributed by atoms with van der Waals surface area (Å²) in [6.45, 7) is 2.94. The lowest BCUT2D eigenvalue weighted by Crippen LogP contribution is -2.49. The van der Waals surface area contributed by atoms with Crippen LogP contribution in [0.3, 0.4) is 0 Å². The molecule has 162 valence electrons. The summed E-state index contributed by atoms with van der Waals surface area (Å²) in [7, 11) is 1.81. The summed E-state index contributed by atoms with van der Waals surface area (Å²) in [5, 5.41) is 7.96. The van der Waals surface area contributed by atoms with Crippen LogP contribution in [0.15, 0.2) is 53.5 Å². The van der Waals surface area contributed by atoms with E-state index in [2.05, 4.69) is 33.8 Å². The van der Waals surface area contributed by atoms with E-state index in [1.165, 1.54) is 11.1 Å². The molecule has 5 nitrogen and oxygen atoms in total. The van der Waals surface area contributed by atoms with Crippen LogP contribution in [0.5, 0.6) is 5.75 Å². The molecule has 7 heteroatoms. The van der Waals surface area contributed by atoms with E-state index in [1.54, 1.807) is 0 Å². The van der Waals surface area contributed by atoms with Crippen LogP contribution in [0.25, 0.3) is 0 Å². The second-order valence-electron chi connectivity index (χ2n) is 7.67. The maximum Gasteiger partial charge on any atom is 0.191 e. The van der Waals surface area contributed by atoms with Crippen molar-refractivity contribution in [3.8, 4) is 5.75 Å². The molecule has 0 spiro atoms. The van der Waals surface area contributed by atoms with E-state index in [0.29, 0.717) is 6.61 Å². The van der Waals surface area contributed by atoms with Gasteiger partial charge in [0.05, 0.1) is 12.6 Å². The fraction of sp³-hybridized carbons (Fsp3) is 0.435. The minimum atomic E-state index is -0.0677. The third kappa shape index (κ3) is 5.03. The Balaban J connectivity index is 0.00000256. The number of aliphatic imine (C=N–C) groups is 1. The molecule has 2 aliphatic heterocycles. The maximum atomic E-state index is 6.58. The minimum absolute atomic E-state index is 0. The largest absolute Gasteiger partial charge is 0.493 e. The number of fused-ring (bicyclic) bond motifs is 1. The van der Waals surface area contributed by atoms with Gasteiger partial charge in [0.2, 0.25) is 0 Å². The average molecular weight is 542 g/mol. The summed E-state index contributed by atoms with van der Waals surface area (Å²) in [6.07, 6.45) is 2.77. The van der Waals surface area contributed by atoms with Crippen LogP contribution in [-0.2, 0) is 10.2 Å². The first kappa shape index (κ1) is 23.2. The molecule has 1 fully saturated rings. The summed E-state index contributed by atoms with van der Waals surface area (Å²) in [5.41, 5.74) is 2.29. The highest BCUT2D eigenvalue weighted by Crippen LogP contribution is 2.38. The number of halogens is 2. The van der Waals surface area contributed by atoms with Gasteiger partial charge in [0.25, 0.3) is 0 Å². The standard InChI is InChI=1S/C23H28ClN3O2.HI/c1-25-22(27-20-10-13-29-21-9-5-2-6-17(20)21)26-16-23(11-14-28-15-12-23)18-7-3-4-8-19(18)24;/h2-9,20H,10-16H2,1H3,(H2,25,26,27);1H. The number of guanidine groups is 1. The molecule has 0 saturated carbocycles. The van der Waals surface area contributed by atoms with Gasteiger partial charge in [0.15, 0.2) is 5.96 Å². The molecule has 4 rings (SSSR count). The number of hydrogen-bond acceptors (Lipinski definition) is 3. The lowest BCUT2D eigenvalue weighted by atomic mass is 9.74. The van der Waals surface area contributed by atoms with Crippen molar-refractivity contribution in [1.29, 1.82) is 0 Å². The summed E-state index contributed by atoms with van der Waals surface area (Å²) in [5.74, 6) is 1.74. The predicted molar refractivity (Wildman–Crippen MR) is 132 cm³/mol. The Hall–Kier alpha value is -1.51. The normalized spacial score (nSPS) is 20.3. The Morgan fingerprint density at radius 2 is 1.83 bits per heavy atom. The molecule has 1 saturated heterocycles. The molecule has 2 aromatic rings. The Bertz CT molecular complexity index is 871. The van der Waals surface area contributed by atoms with Crippen LogP contribution >= 0.6 is 35.6 Å². The van der Waals surface area contributed by atoms with E-state index >= 15 is 0 Å². The fourth-order valence-electron chi connectivity index (χ4n) is 4.30. The molecule has 2 N–H and O–H groups in total. The number of ether oxygens (including phenoxy) is 2. The molecule has 30 heavy (non-hydrogen) atoms. The highest BCUT2D eigenvalue weighted by molar-refractivity contribution is 14.0. The number of nitrogens with zero attached hydrogens (tertiary/aromatic N) is 1. The highest BCUT2D eigenvalue weighted by atomic mass is 127. The van der Waals surface area contributed by atoms with Gasteiger partial charge in [0, 0.05) is 49.2 Å². The summed E-state index contributed by atoms with van der Waals surface area (Å²) in [6, 6.07) is 16.5. The van der Waals surface area contributed by atoms with Crippen molar-refractivity contribution in [1.82, 2.24) is 10.6 Å². The second-order valence-corrected chi connectivity index (χ2v) is 8.08. The zero-order valence-electron chi connectivity index (χ0n) is 17.2. The predicted octanol–water partition coefficient (Wildman–Crippen LogP) is 4.70. The Morgan fingerprint density at radius 1 is 1.10 bits per heavy atom. The zero-order valence-corrected chi connectivity index (χ0v) is 20.3. The van der Waals surface area contributed by atoms with E-state index in [0.717, 1.165) is 55.8 Å². The molecular formula is C23H29ClIN3O2. The van der Waals surface area contributed by atoms with Gasteiger partial charge in [0.1, 0.15) is 5.75 Å². The van der Waals surface area contributed by atoms with Crippen LogP contribution in [0, 0.1) is 0 Å². The SMILES string of the molecule is CN=C(NCC1(c2ccccc2Cl)CCOCC1)NC1CCOc2ccccc21.I. The number of nitrogens with one attached hydrogen (secondary N) is 2. The van der Waals surface area contributed by atoms with Crippen molar-refractivity contribution < 1.29 is 9.47 Å². The molecule has 0 bridgehead atoms. The van der Waals surface area contributed by atoms with Crippen molar-refractivity contribution >= 4 is 41.5 Å². The van der Waals surface area contributed by atoms with E-state index in [4.69, 9.17) is 21.1 Å². The highest BCUT2D eigenvalue weighted by Gasteiger charge is 2.36. The smallest absolute Gasteiger partial charge is 0.191 e. The van der Waals surface area contributed by atoms with E-state index in [1.807, 2.05) is 37.4 Å². The lowest BCUT2D eigenvalue weighted by Gasteiger charge is -2.39. The van der Waals surface area contributed by atoms with E-state index < -0.39 is 0 Å². The summed E-state index contributed by atoms with van der Waals surface area (Å²) >= 11 is 6.58. The first-order valence-electron chi connectivity index (χ1n) is 10.2. The molecule has 2 heterocycles. The number of benzene rings is 2. The topological polar surface area (TPSA) is 54.9 Å². The van der Waals surface area contributed by atoms with Crippen LogP contribution in [0.1, 0.15) is 36.4 Å². The van der Waals surface area contributed by atoms with Crippen LogP contribution in [-0.4, -0.2) is 39.4 Å². The Morgan fingerprint density at radius 3 is 2.60 bits per heavy atom. The molecule has 2 aliphatic rings. The summed E-state index contributed by atoms with van der Waals surface area (Å²) < 4.78 is 11.4. The van der Waals surface area contributed by atoms with E-state index in [-0.39, 0.29) is 35.4 Å². The van der Waals surface area contributed by atoms with Crippen molar-refractivity contribution in [3.05, 3.63) is 64.7 Å². The summed E-state index contributed by atoms with van der Waals surface area (Å²) in [4.78, 5) is 4.48. The van der Waals surface area contributed by atoms with Crippen molar-refractivity contribution in [2.75, 3.05) is 33.4 Å². The number of rotatable bonds is 4. The van der Waals surface area contributed by atoms with Crippen molar-refractivity contribution in [2.24, 2.45) is 4.99 Å². The number of hydrogen-bond donors (Lipinski definition) is 2.